The molecule has 5 heteroatoms. The molecule has 0 aliphatic carbocycles. The van der Waals surface area contributed by atoms with Crippen LogP contribution >= 0.6 is 0 Å². The molecule has 5 nitrogen and oxygen atoms in total. The van der Waals surface area contributed by atoms with E-state index in [1.54, 1.807) is 0 Å². The lowest BCUT2D eigenvalue weighted by atomic mass is 9.98. The van der Waals surface area contributed by atoms with Gasteiger partial charge in [0.1, 0.15) is 0 Å². The first-order valence-electron chi connectivity index (χ1n) is 7.23. The van der Waals surface area contributed by atoms with Gasteiger partial charge in [0.25, 0.3) is 0 Å². The van der Waals surface area contributed by atoms with Crippen molar-refractivity contribution in [2.45, 2.75) is 25.7 Å². The van der Waals surface area contributed by atoms with Crippen LogP contribution in [0.1, 0.15) is 25.7 Å². The molecule has 112 valence electrons. The third-order valence-corrected chi connectivity index (χ3v) is 4.16. The summed E-state index contributed by atoms with van der Waals surface area (Å²) in [6.45, 7) is 4.55. The third kappa shape index (κ3) is 6.36. The Morgan fingerprint density at radius 1 is 1.00 bits per heavy atom. The summed E-state index contributed by atoms with van der Waals surface area (Å²) in [5.41, 5.74) is 0. The average molecular weight is 272 g/mol. The molecule has 0 amide bonds. The van der Waals surface area contributed by atoms with E-state index >= 15 is 0 Å². The summed E-state index contributed by atoms with van der Waals surface area (Å²) in [5, 5.41) is 17.4. The lowest BCUT2D eigenvalue weighted by molar-refractivity contribution is -0.143. The molecule has 0 bridgehead atoms. The number of carboxylic acid groups (broad SMARTS) is 1. The zero-order valence-corrected chi connectivity index (χ0v) is 12.2. The second kappa shape index (κ2) is 8.51. The van der Waals surface area contributed by atoms with Crippen LogP contribution in [-0.2, 0) is 4.79 Å². The molecule has 0 unspecified atom stereocenters. The first-order valence-corrected chi connectivity index (χ1v) is 7.23. The Bertz CT molecular complexity index is 257. The maximum atomic E-state index is 10.4. The fourth-order valence-electron chi connectivity index (χ4n) is 2.50. The molecule has 0 saturated carbocycles. The van der Waals surface area contributed by atoms with Gasteiger partial charge in [0, 0.05) is 6.61 Å². The second-order valence-electron chi connectivity index (χ2n) is 5.85. The molecule has 2 aliphatic heterocycles. The van der Waals surface area contributed by atoms with Crippen molar-refractivity contribution in [3.63, 3.8) is 0 Å². The number of likely N-dealkylation sites (tertiary alicyclic amines) is 2. The predicted octanol–water partition coefficient (Wildman–Crippen LogP) is 0.733. The van der Waals surface area contributed by atoms with Gasteiger partial charge in [-0.2, -0.15) is 0 Å². The normalized spacial score (nSPS) is 23.7. The van der Waals surface area contributed by atoms with Crippen molar-refractivity contribution in [3.8, 4) is 0 Å². The largest absolute Gasteiger partial charge is 0.481 e. The van der Waals surface area contributed by atoms with Crippen molar-refractivity contribution < 1.29 is 15.0 Å². The molecule has 0 aromatic heterocycles. The van der Waals surface area contributed by atoms with Crippen LogP contribution in [0.25, 0.3) is 0 Å². The Hall–Kier alpha value is -0.650. The minimum absolute atomic E-state index is 0.0869. The van der Waals surface area contributed by atoms with Crippen LogP contribution in [0, 0.1) is 11.8 Å². The number of aliphatic hydroxyl groups excluding tert-OH is 1. The van der Waals surface area contributed by atoms with Crippen molar-refractivity contribution in [1.82, 2.24) is 9.80 Å². The van der Waals surface area contributed by atoms with Gasteiger partial charge < -0.3 is 20.0 Å². The molecular formula is C14H28N2O3. The van der Waals surface area contributed by atoms with Gasteiger partial charge in [-0.3, -0.25) is 4.79 Å². The maximum Gasteiger partial charge on any atom is 0.306 e. The smallest absolute Gasteiger partial charge is 0.306 e. The van der Waals surface area contributed by atoms with Crippen LogP contribution in [-0.4, -0.2) is 72.9 Å². The van der Waals surface area contributed by atoms with Gasteiger partial charge in [-0.15, -0.1) is 0 Å². The highest BCUT2D eigenvalue weighted by atomic mass is 16.4. The molecule has 2 N–H and O–H groups in total. The van der Waals surface area contributed by atoms with E-state index < -0.39 is 5.97 Å². The standard InChI is InChI=1S/C7H13NO2.C7H15NO/c1-8-4-2-6(3-5-8)7(9)10;1-8-4-2-7(6-9)3-5-8/h6H,2-5H2,1H3,(H,9,10);7,9H,2-6H2,1H3. The van der Waals surface area contributed by atoms with Gasteiger partial charge in [0.15, 0.2) is 0 Å². The summed E-state index contributed by atoms with van der Waals surface area (Å²) < 4.78 is 0. The lowest BCUT2D eigenvalue weighted by Crippen LogP contribution is -2.33. The molecule has 0 atom stereocenters. The average Bonchev–Trinajstić information content (AvgIpc) is 2.41. The lowest BCUT2D eigenvalue weighted by Gasteiger charge is -2.27. The van der Waals surface area contributed by atoms with Gasteiger partial charge in [-0.1, -0.05) is 0 Å². The summed E-state index contributed by atoms with van der Waals surface area (Å²) in [6.07, 6.45) is 3.97. The third-order valence-electron chi connectivity index (χ3n) is 4.16. The molecule has 2 rings (SSSR count). The SMILES string of the molecule is CN1CCC(C(=O)O)CC1.CN1CCC(CO)CC1. The molecule has 0 radical (unpaired) electrons. The number of rotatable bonds is 2. The second-order valence-corrected chi connectivity index (χ2v) is 5.85. The molecule has 2 fully saturated rings. The molecular weight excluding hydrogens is 244 g/mol. The topological polar surface area (TPSA) is 64.0 Å². The first-order chi connectivity index (χ1) is 9.02. The van der Waals surface area contributed by atoms with Gasteiger partial charge in [0.05, 0.1) is 5.92 Å². The van der Waals surface area contributed by atoms with Crippen LogP contribution in [0.2, 0.25) is 0 Å². The molecule has 0 aromatic carbocycles. The molecule has 19 heavy (non-hydrogen) atoms. The van der Waals surface area contributed by atoms with Gasteiger partial charge in [-0.05, 0) is 71.9 Å². The Morgan fingerprint density at radius 3 is 1.79 bits per heavy atom. The number of carboxylic acids is 1. The monoisotopic (exact) mass is 272 g/mol. The molecule has 0 spiro atoms. The first kappa shape index (κ1) is 16.4. The minimum atomic E-state index is -0.631. The Kier molecular flexibility index (Phi) is 7.34. The number of nitrogens with zero attached hydrogens (tertiary/aromatic N) is 2. The van der Waals surface area contributed by atoms with Crippen LogP contribution < -0.4 is 0 Å². The van der Waals surface area contributed by atoms with E-state index in [0.29, 0.717) is 12.5 Å². The number of aliphatic hydroxyl groups is 1. The fourth-order valence-corrected chi connectivity index (χ4v) is 2.50. The summed E-state index contributed by atoms with van der Waals surface area (Å²) in [6, 6.07) is 0. The van der Waals surface area contributed by atoms with Crippen molar-refractivity contribution in [2.75, 3.05) is 46.9 Å². The summed E-state index contributed by atoms with van der Waals surface area (Å²) >= 11 is 0. The number of hydrogen-bond acceptors (Lipinski definition) is 4. The van der Waals surface area contributed by atoms with Gasteiger partial charge >= 0.3 is 5.97 Å². The minimum Gasteiger partial charge on any atom is -0.481 e. The van der Waals surface area contributed by atoms with Crippen LogP contribution in [0.3, 0.4) is 0 Å². The fraction of sp³-hybridized carbons (Fsp3) is 0.929. The molecule has 0 aromatic rings. The quantitative estimate of drug-likeness (QED) is 0.776. The molecule has 2 heterocycles. The Morgan fingerprint density at radius 2 is 1.42 bits per heavy atom. The van der Waals surface area contributed by atoms with Crippen LogP contribution in [0.15, 0.2) is 0 Å². The summed E-state index contributed by atoms with van der Waals surface area (Å²) in [7, 11) is 4.16. The molecule has 2 saturated heterocycles. The van der Waals surface area contributed by atoms with Crippen molar-refractivity contribution in [1.29, 1.82) is 0 Å². The van der Waals surface area contributed by atoms with Crippen LogP contribution in [0.4, 0.5) is 0 Å². The zero-order valence-electron chi connectivity index (χ0n) is 12.2. The number of carbonyl (C=O) groups is 1. The number of hydrogen-bond donors (Lipinski definition) is 2. The van der Waals surface area contributed by atoms with Crippen molar-refractivity contribution >= 4 is 5.97 Å². The van der Waals surface area contributed by atoms with E-state index in [9.17, 15) is 4.79 Å². The Labute approximate surface area is 116 Å². The highest BCUT2D eigenvalue weighted by Crippen LogP contribution is 2.15. The van der Waals surface area contributed by atoms with E-state index in [0.717, 1.165) is 39.0 Å². The van der Waals surface area contributed by atoms with Crippen molar-refractivity contribution in [3.05, 3.63) is 0 Å². The van der Waals surface area contributed by atoms with E-state index in [4.69, 9.17) is 10.2 Å². The van der Waals surface area contributed by atoms with E-state index in [-0.39, 0.29) is 5.92 Å². The summed E-state index contributed by atoms with van der Waals surface area (Å²) in [4.78, 5) is 14.9. The van der Waals surface area contributed by atoms with E-state index in [1.165, 1.54) is 12.8 Å². The van der Waals surface area contributed by atoms with Crippen LogP contribution in [0.5, 0.6) is 0 Å². The van der Waals surface area contributed by atoms with Gasteiger partial charge in [0.2, 0.25) is 0 Å². The van der Waals surface area contributed by atoms with Crippen molar-refractivity contribution in [2.24, 2.45) is 11.8 Å². The predicted molar refractivity (Wildman–Crippen MR) is 75.2 cm³/mol. The zero-order chi connectivity index (χ0) is 14.3. The van der Waals surface area contributed by atoms with Gasteiger partial charge in [-0.25, -0.2) is 0 Å². The van der Waals surface area contributed by atoms with E-state index in [2.05, 4.69) is 16.8 Å². The highest BCUT2D eigenvalue weighted by molar-refractivity contribution is 5.70. The van der Waals surface area contributed by atoms with E-state index in [1.807, 2.05) is 7.05 Å². The number of aliphatic carboxylic acids is 1. The highest BCUT2D eigenvalue weighted by Gasteiger charge is 2.22. The molecule has 2 aliphatic rings. The number of piperidine rings is 2. The summed E-state index contributed by atoms with van der Waals surface area (Å²) in [5.74, 6) is -0.134. The Balaban J connectivity index is 0.000000191. The maximum absolute atomic E-state index is 10.4.